The summed E-state index contributed by atoms with van der Waals surface area (Å²) in [7, 11) is 0. The van der Waals surface area contributed by atoms with Crippen LogP contribution in [0.2, 0.25) is 5.02 Å². The summed E-state index contributed by atoms with van der Waals surface area (Å²) in [5.41, 5.74) is 2.58. The van der Waals surface area contributed by atoms with Gasteiger partial charge < -0.3 is 10.3 Å². The molecule has 0 aliphatic rings. The Bertz CT molecular complexity index is 764. The van der Waals surface area contributed by atoms with Gasteiger partial charge in [-0.3, -0.25) is 4.79 Å². The van der Waals surface area contributed by atoms with Gasteiger partial charge in [0, 0.05) is 28.8 Å². The molecule has 0 fully saturated rings. The summed E-state index contributed by atoms with van der Waals surface area (Å²) < 4.78 is 0. The number of aromatic amines is 1. The van der Waals surface area contributed by atoms with Gasteiger partial charge in [0.2, 0.25) is 0 Å². The molecule has 3 aromatic rings. The third kappa shape index (κ3) is 2.68. The van der Waals surface area contributed by atoms with E-state index in [1.54, 1.807) is 0 Å². The predicted molar refractivity (Wildman–Crippen MR) is 80.9 cm³/mol. The van der Waals surface area contributed by atoms with E-state index in [2.05, 4.69) is 10.3 Å². The molecule has 0 atom stereocenters. The molecule has 0 spiro atoms. The van der Waals surface area contributed by atoms with Crippen molar-refractivity contribution in [3.05, 3.63) is 70.9 Å². The van der Waals surface area contributed by atoms with Gasteiger partial charge >= 0.3 is 0 Å². The smallest absolute Gasteiger partial charge is 0.251 e. The van der Waals surface area contributed by atoms with E-state index in [4.69, 9.17) is 11.6 Å². The molecule has 0 radical (unpaired) electrons. The van der Waals surface area contributed by atoms with Gasteiger partial charge in [0.25, 0.3) is 5.91 Å². The fourth-order valence-corrected chi connectivity index (χ4v) is 2.33. The second-order valence-electron chi connectivity index (χ2n) is 4.59. The average Bonchev–Trinajstić information content (AvgIpc) is 2.92. The van der Waals surface area contributed by atoms with Crippen LogP contribution in [0.5, 0.6) is 0 Å². The number of hydrogen-bond acceptors (Lipinski definition) is 1. The Kier molecular flexibility index (Phi) is 3.44. The number of halogens is 1. The quantitative estimate of drug-likeness (QED) is 0.756. The third-order valence-corrected chi connectivity index (χ3v) is 3.39. The average molecular weight is 285 g/mol. The summed E-state index contributed by atoms with van der Waals surface area (Å²) in [5.74, 6) is -0.0959. The minimum Gasteiger partial charge on any atom is -0.361 e. The number of hydrogen-bond donors (Lipinski definition) is 2. The normalized spacial score (nSPS) is 10.7. The molecule has 20 heavy (non-hydrogen) atoms. The van der Waals surface area contributed by atoms with E-state index in [0.717, 1.165) is 16.5 Å². The molecule has 1 amide bonds. The summed E-state index contributed by atoms with van der Waals surface area (Å²) in [5, 5.41) is 4.65. The van der Waals surface area contributed by atoms with Crippen LogP contribution in [-0.2, 0) is 6.54 Å². The third-order valence-electron chi connectivity index (χ3n) is 3.16. The second-order valence-corrected chi connectivity index (χ2v) is 5.03. The summed E-state index contributed by atoms with van der Waals surface area (Å²) in [4.78, 5) is 15.2. The van der Waals surface area contributed by atoms with Crippen LogP contribution in [0.4, 0.5) is 0 Å². The van der Waals surface area contributed by atoms with Crippen LogP contribution in [0, 0.1) is 0 Å². The summed E-state index contributed by atoms with van der Waals surface area (Å²) in [6.07, 6.45) is 1.86. The highest BCUT2D eigenvalue weighted by atomic mass is 35.5. The zero-order valence-corrected chi connectivity index (χ0v) is 11.4. The zero-order valence-electron chi connectivity index (χ0n) is 10.7. The van der Waals surface area contributed by atoms with Crippen LogP contribution in [-0.4, -0.2) is 10.9 Å². The first-order valence-electron chi connectivity index (χ1n) is 6.32. The van der Waals surface area contributed by atoms with Gasteiger partial charge in [-0.2, -0.15) is 0 Å². The molecule has 2 aromatic carbocycles. The molecule has 0 unspecified atom stereocenters. The van der Waals surface area contributed by atoms with E-state index >= 15 is 0 Å². The molecular weight excluding hydrogens is 272 g/mol. The Labute approximate surface area is 121 Å². The first-order valence-corrected chi connectivity index (χ1v) is 6.70. The number of fused-ring (bicyclic) bond motifs is 1. The monoisotopic (exact) mass is 284 g/mol. The van der Waals surface area contributed by atoms with Crippen molar-refractivity contribution >= 4 is 28.4 Å². The van der Waals surface area contributed by atoms with Crippen molar-refractivity contribution in [2.75, 3.05) is 0 Å². The van der Waals surface area contributed by atoms with E-state index < -0.39 is 0 Å². The van der Waals surface area contributed by atoms with Gasteiger partial charge in [-0.15, -0.1) is 0 Å². The minimum atomic E-state index is -0.0959. The lowest BCUT2D eigenvalue weighted by molar-refractivity contribution is 0.0951. The maximum Gasteiger partial charge on any atom is 0.251 e. The van der Waals surface area contributed by atoms with Crippen molar-refractivity contribution in [3.63, 3.8) is 0 Å². The maximum atomic E-state index is 12.1. The Hall–Kier alpha value is -2.26. The first-order chi connectivity index (χ1) is 9.72. The summed E-state index contributed by atoms with van der Waals surface area (Å²) in [6, 6.07) is 15.0. The fourth-order valence-electron chi connectivity index (χ4n) is 2.12. The predicted octanol–water partition coefficient (Wildman–Crippen LogP) is 3.75. The van der Waals surface area contributed by atoms with Crippen LogP contribution in [0.15, 0.2) is 54.7 Å². The Morgan fingerprint density at radius 2 is 2.05 bits per heavy atom. The Morgan fingerprint density at radius 1 is 1.15 bits per heavy atom. The standard InChI is InChI=1S/C16H13ClN2O/c17-14-3-1-2-11(8-14)10-19-16(20)13-5-4-12-6-7-18-15(12)9-13/h1-9,18H,10H2,(H,19,20). The van der Waals surface area contributed by atoms with Gasteiger partial charge in [0.05, 0.1) is 0 Å². The highest BCUT2D eigenvalue weighted by molar-refractivity contribution is 6.30. The first kappa shape index (κ1) is 12.8. The molecule has 0 bridgehead atoms. The van der Waals surface area contributed by atoms with E-state index in [9.17, 15) is 4.79 Å². The number of carbonyl (C=O) groups is 1. The molecule has 100 valence electrons. The van der Waals surface area contributed by atoms with Gasteiger partial charge in [-0.1, -0.05) is 29.8 Å². The number of amides is 1. The zero-order chi connectivity index (χ0) is 13.9. The van der Waals surface area contributed by atoms with Crippen LogP contribution < -0.4 is 5.32 Å². The van der Waals surface area contributed by atoms with Crippen LogP contribution >= 0.6 is 11.6 Å². The Balaban J connectivity index is 1.72. The van der Waals surface area contributed by atoms with Crippen molar-refractivity contribution < 1.29 is 4.79 Å². The molecule has 0 aliphatic carbocycles. The minimum absolute atomic E-state index is 0.0959. The van der Waals surface area contributed by atoms with Gasteiger partial charge in [0.1, 0.15) is 0 Å². The molecule has 0 saturated heterocycles. The van der Waals surface area contributed by atoms with Crippen molar-refractivity contribution in [1.82, 2.24) is 10.3 Å². The molecule has 1 heterocycles. The summed E-state index contributed by atoms with van der Waals surface area (Å²) >= 11 is 5.91. The van der Waals surface area contributed by atoms with Crippen molar-refractivity contribution in [2.45, 2.75) is 6.54 Å². The fraction of sp³-hybridized carbons (Fsp3) is 0.0625. The number of nitrogens with one attached hydrogen (secondary N) is 2. The molecule has 0 aliphatic heterocycles. The van der Waals surface area contributed by atoms with Crippen molar-refractivity contribution in [1.29, 1.82) is 0 Å². The van der Waals surface area contributed by atoms with E-state index in [0.29, 0.717) is 17.1 Å². The van der Waals surface area contributed by atoms with Crippen LogP contribution in [0.1, 0.15) is 15.9 Å². The maximum absolute atomic E-state index is 12.1. The molecule has 3 rings (SSSR count). The lowest BCUT2D eigenvalue weighted by atomic mass is 10.1. The molecule has 1 aromatic heterocycles. The molecule has 4 heteroatoms. The van der Waals surface area contributed by atoms with Gasteiger partial charge in [-0.25, -0.2) is 0 Å². The number of rotatable bonds is 3. The van der Waals surface area contributed by atoms with Crippen molar-refractivity contribution in [2.24, 2.45) is 0 Å². The largest absolute Gasteiger partial charge is 0.361 e. The molecule has 2 N–H and O–H groups in total. The summed E-state index contributed by atoms with van der Waals surface area (Å²) in [6.45, 7) is 0.460. The van der Waals surface area contributed by atoms with Crippen LogP contribution in [0.25, 0.3) is 10.9 Å². The molecule has 0 saturated carbocycles. The highest BCUT2D eigenvalue weighted by Gasteiger charge is 2.06. The number of H-pyrrole nitrogens is 1. The Morgan fingerprint density at radius 3 is 2.90 bits per heavy atom. The van der Waals surface area contributed by atoms with Gasteiger partial charge in [0.15, 0.2) is 0 Å². The second kappa shape index (κ2) is 5.39. The van der Waals surface area contributed by atoms with Gasteiger partial charge in [-0.05, 0) is 41.3 Å². The van der Waals surface area contributed by atoms with Crippen molar-refractivity contribution in [3.8, 4) is 0 Å². The van der Waals surface area contributed by atoms with E-state index in [1.165, 1.54) is 0 Å². The molecular formula is C16H13ClN2O. The number of aromatic nitrogens is 1. The lowest BCUT2D eigenvalue weighted by Crippen LogP contribution is -2.22. The number of carbonyl (C=O) groups excluding carboxylic acids is 1. The lowest BCUT2D eigenvalue weighted by Gasteiger charge is -2.06. The van der Waals surface area contributed by atoms with E-state index in [-0.39, 0.29) is 5.91 Å². The SMILES string of the molecule is O=C(NCc1cccc(Cl)c1)c1ccc2cc[nH]c2c1. The number of benzene rings is 2. The van der Waals surface area contributed by atoms with E-state index in [1.807, 2.05) is 54.7 Å². The molecule has 3 nitrogen and oxygen atoms in total. The topological polar surface area (TPSA) is 44.9 Å². The highest BCUT2D eigenvalue weighted by Crippen LogP contribution is 2.14. The van der Waals surface area contributed by atoms with Crippen LogP contribution in [0.3, 0.4) is 0 Å².